The molecule has 2 aromatic rings. The van der Waals surface area contributed by atoms with Gasteiger partial charge < -0.3 is 10.1 Å². The molecule has 2 N–H and O–H groups in total. The molecule has 0 spiro atoms. The zero-order chi connectivity index (χ0) is 20.2. The molecule has 1 atom stereocenters. The topological polar surface area (TPSA) is 84.5 Å². The average molecular weight is 391 g/mol. The largest absolute Gasteiger partial charge is 0.497 e. The van der Waals surface area contributed by atoms with Gasteiger partial charge in [0.2, 0.25) is 15.9 Å². The molecule has 0 bridgehead atoms. The Bertz CT molecular complexity index is 906. The fourth-order valence-electron chi connectivity index (χ4n) is 2.52. The molecule has 0 heterocycles. The first-order valence-electron chi connectivity index (χ1n) is 8.68. The van der Waals surface area contributed by atoms with Crippen LogP contribution in [0, 0.1) is 19.8 Å². The first-order valence-corrected chi connectivity index (χ1v) is 10.2. The fourth-order valence-corrected chi connectivity index (χ4v) is 3.87. The fraction of sp³-hybridized carbons (Fsp3) is 0.350. The van der Waals surface area contributed by atoms with Crippen molar-refractivity contribution in [2.45, 2.75) is 38.6 Å². The molecule has 2 rings (SSSR count). The van der Waals surface area contributed by atoms with Crippen LogP contribution in [0.1, 0.15) is 25.0 Å². The predicted octanol–water partition coefficient (Wildman–Crippen LogP) is 3.25. The van der Waals surface area contributed by atoms with Crippen LogP contribution in [-0.2, 0) is 14.8 Å². The monoisotopic (exact) mass is 390 g/mol. The van der Waals surface area contributed by atoms with E-state index in [9.17, 15) is 13.2 Å². The first-order chi connectivity index (χ1) is 12.6. The van der Waals surface area contributed by atoms with Crippen LogP contribution < -0.4 is 14.8 Å². The lowest BCUT2D eigenvalue weighted by atomic mass is 10.0. The van der Waals surface area contributed by atoms with Gasteiger partial charge in [0.25, 0.3) is 0 Å². The van der Waals surface area contributed by atoms with Gasteiger partial charge in [0.15, 0.2) is 0 Å². The lowest BCUT2D eigenvalue weighted by Crippen LogP contribution is -2.47. The molecule has 0 fully saturated rings. The van der Waals surface area contributed by atoms with Crippen molar-refractivity contribution in [1.82, 2.24) is 4.72 Å². The van der Waals surface area contributed by atoms with Crippen LogP contribution in [0.25, 0.3) is 0 Å². The van der Waals surface area contributed by atoms with Gasteiger partial charge in [-0.25, -0.2) is 8.42 Å². The molecule has 0 aromatic heterocycles. The van der Waals surface area contributed by atoms with Gasteiger partial charge in [0, 0.05) is 5.69 Å². The summed E-state index contributed by atoms with van der Waals surface area (Å²) in [6, 6.07) is 10.7. The zero-order valence-electron chi connectivity index (χ0n) is 16.2. The Morgan fingerprint density at radius 2 is 1.63 bits per heavy atom. The number of ether oxygens (including phenoxy) is 1. The molecule has 0 aliphatic rings. The molecule has 27 heavy (non-hydrogen) atoms. The zero-order valence-corrected chi connectivity index (χ0v) is 17.1. The molecule has 0 saturated carbocycles. The summed E-state index contributed by atoms with van der Waals surface area (Å²) in [6.07, 6.45) is 0. The Morgan fingerprint density at radius 3 is 2.15 bits per heavy atom. The van der Waals surface area contributed by atoms with Gasteiger partial charge in [-0.05, 0) is 67.3 Å². The lowest BCUT2D eigenvalue weighted by Gasteiger charge is -2.22. The van der Waals surface area contributed by atoms with Crippen molar-refractivity contribution < 1.29 is 17.9 Å². The van der Waals surface area contributed by atoms with Gasteiger partial charge in [0.05, 0.1) is 12.0 Å². The Kier molecular flexibility index (Phi) is 6.62. The number of sulfonamides is 1. The molecule has 146 valence electrons. The van der Waals surface area contributed by atoms with E-state index in [2.05, 4.69) is 10.0 Å². The molecule has 1 unspecified atom stereocenters. The van der Waals surface area contributed by atoms with E-state index in [0.29, 0.717) is 11.4 Å². The summed E-state index contributed by atoms with van der Waals surface area (Å²) in [5, 5.41) is 2.80. The minimum atomic E-state index is -3.85. The summed E-state index contributed by atoms with van der Waals surface area (Å²) >= 11 is 0. The summed E-state index contributed by atoms with van der Waals surface area (Å²) in [4.78, 5) is 12.8. The molecule has 0 saturated heterocycles. The first kappa shape index (κ1) is 20.9. The Hall–Kier alpha value is -2.38. The third-order valence-electron chi connectivity index (χ3n) is 4.38. The van der Waals surface area contributed by atoms with E-state index >= 15 is 0 Å². The van der Waals surface area contributed by atoms with Crippen molar-refractivity contribution in [2.24, 2.45) is 5.92 Å². The number of hydrogen-bond donors (Lipinski definition) is 2. The molecular formula is C20H26N2O4S. The van der Waals surface area contributed by atoms with Crippen LogP contribution in [0.15, 0.2) is 47.4 Å². The van der Waals surface area contributed by atoms with Gasteiger partial charge in [-0.1, -0.05) is 19.9 Å². The number of hydrogen-bond acceptors (Lipinski definition) is 4. The standard InChI is InChI=1S/C20H26N2O4S/c1-13(2)19(20(23)21-16-7-6-14(3)15(4)12-16)22-27(24,25)18-10-8-17(26-5)9-11-18/h6-13,19,22H,1-5H3,(H,21,23). The van der Waals surface area contributed by atoms with E-state index in [4.69, 9.17) is 4.74 Å². The second-order valence-electron chi connectivity index (χ2n) is 6.81. The van der Waals surface area contributed by atoms with Crippen molar-refractivity contribution in [3.05, 3.63) is 53.6 Å². The molecule has 0 radical (unpaired) electrons. The highest BCUT2D eigenvalue weighted by atomic mass is 32.2. The summed E-state index contributed by atoms with van der Waals surface area (Å²) in [5.41, 5.74) is 2.80. The minimum Gasteiger partial charge on any atom is -0.497 e. The van der Waals surface area contributed by atoms with E-state index in [1.54, 1.807) is 32.0 Å². The number of rotatable bonds is 7. The number of anilines is 1. The van der Waals surface area contributed by atoms with Gasteiger partial charge in [0.1, 0.15) is 11.8 Å². The van der Waals surface area contributed by atoms with Gasteiger partial charge >= 0.3 is 0 Å². The number of carbonyl (C=O) groups is 1. The maximum absolute atomic E-state index is 12.7. The van der Waals surface area contributed by atoms with E-state index in [1.807, 2.05) is 26.0 Å². The summed E-state index contributed by atoms with van der Waals surface area (Å²) in [7, 11) is -2.34. The van der Waals surface area contributed by atoms with Crippen molar-refractivity contribution in [2.75, 3.05) is 12.4 Å². The van der Waals surface area contributed by atoms with Crippen molar-refractivity contribution >= 4 is 21.6 Å². The van der Waals surface area contributed by atoms with Crippen LogP contribution in [-0.4, -0.2) is 27.5 Å². The maximum Gasteiger partial charge on any atom is 0.242 e. The van der Waals surface area contributed by atoms with Crippen LogP contribution in [0.5, 0.6) is 5.75 Å². The SMILES string of the molecule is COc1ccc(S(=O)(=O)NC(C(=O)Nc2ccc(C)c(C)c2)C(C)C)cc1. The highest BCUT2D eigenvalue weighted by molar-refractivity contribution is 7.89. The second-order valence-corrected chi connectivity index (χ2v) is 8.52. The number of benzene rings is 2. The van der Waals surface area contributed by atoms with Crippen molar-refractivity contribution in [3.63, 3.8) is 0 Å². The second kappa shape index (κ2) is 8.54. The van der Waals surface area contributed by atoms with E-state index < -0.39 is 22.0 Å². The third kappa shape index (κ3) is 5.30. The lowest BCUT2D eigenvalue weighted by molar-refractivity contribution is -0.118. The number of nitrogens with one attached hydrogen (secondary N) is 2. The smallest absolute Gasteiger partial charge is 0.242 e. The van der Waals surface area contributed by atoms with Crippen molar-refractivity contribution in [3.8, 4) is 5.75 Å². The summed E-state index contributed by atoms with van der Waals surface area (Å²) in [5.74, 6) is -0.0725. The number of amides is 1. The minimum absolute atomic E-state index is 0.0768. The Morgan fingerprint density at radius 1 is 1.00 bits per heavy atom. The summed E-state index contributed by atoms with van der Waals surface area (Å²) in [6.45, 7) is 7.53. The maximum atomic E-state index is 12.7. The summed E-state index contributed by atoms with van der Waals surface area (Å²) < 4.78 is 32.9. The highest BCUT2D eigenvalue weighted by Crippen LogP contribution is 2.18. The molecular weight excluding hydrogens is 364 g/mol. The molecule has 6 nitrogen and oxygen atoms in total. The van der Waals surface area contributed by atoms with Gasteiger partial charge in [-0.3, -0.25) is 4.79 Å². The molecule has 0 aliphatic heterocycles. The van der Waals surface area contributed by atoms with E-state index in [0.717, 1.165) is 11.1 Å². The van der Waals surface area contributed by atoms with Crippen molar-refractivity contribution in [1.29, 1.82) is 0 Å². The van der Waals surface area contributed by atoms with Gasteiger partial charge in [-0.2, -0.15) is 4.72 Å². The normalized spacial score (nSPS) is 12.7. The Labute approximate surface area is 161 Å². The van der Waals surface area contributed by atoms with E-state index in [1.165, 1.54) is 19.2 Å². The quantitative estimate of drug-likeness (QED) is 0.760. The average Bonchev–Trinajstić information content (AvgIpc) is 2.62. The Balaban J connectivity index is 2.20. The predicted molar refractivity (Wildman–Crippen MR) is 106 cm³/mol. The molecule has 1 amide bonds. The molecule has 2 aromatic carbocycles. The van der Waals surface area contributed by atoms with Crippen LogP contribution in [0.3, 0.4) is 0 Å². The van der Waals surface area contributed by atoms with Gasteiger partial charge in [-0.15, -0.1) is 0 Å². The number of aryl methyl sites for hydroxylation is 2. The van der Waals surface area contributed by atoms with Crippen LogP contribution >= 0.6 is 0 Å². The number of methoxy groups -OCH3 is 1. The van der Waals surface area contributed by atoms with Crippen LogP contribution in [0.4, 0.5) is 5.69 Å². The number of carbonyl (C=O) groups excluding carboxylic acids is 1. The van der Waals surface area contributed by atoms with Crippen LogP contribution in [0.2, 0.25) is 0 Å². The van der Waals surface area contributed by atoms with E-state index in [-0.39, 0.29) is 10.8 Å². The highest BCUT2D eigenvalue weighted by Gasteiger charge is 2.28. The molecule has 7 heteroatoms. The molecule has 0 aliphatic carbocycles. The third-order valence-corrected chi connectivity index (χ3v) is 5.83.